The molecule has 0 aliphatic carbocycles. The summed E-state index contributed by atoms with van der Waals surface area (Å²) in [7, 11) is 3.23. The van der Waals surface area contributed by atoms with Gasteiger partial charge in [-0.3, -0.25) is 9.59 Å². The van der Waals surface area contributed by atoms with Crippen LogP contribution in [0, 0.1) is 0 Å². The van der Waals surface area contributed by atoms with E-state index in [1.54, 1.807) is 26.2 Å². The van der Waals surface area contributed by atoms with E-state index < -0.39 is 17.9 Å². The molecule has 2 amide bonds. The third-order valence-electron chi connectivity index (χ3n) is 3.32. The van der Waals surface area contributed by atoms with Crippen molar-refractivity contribution in [3.8, 4) is 0 Å². The van der Waals surface area contributed by atoms with Crippen molar-refractivity contribution in [2.45, 2.75) is 38.8 Å². The number of nitrogens with zero attached hydrogens (tertiary/aromatic N) is 1. The number of rotatable bonds is 7. The third-order valence-corrected chi connectivity index (χ3v) is 3.32. The minimum Gasteiger partial charge on any atom is -0.480 e. The summed E-state index contributed by atoms with van der Waals surface area (Å²) in [6.07, 6.45) is 0.147. The molecule has 1 aromatic carbocycles. The first-order valence-electron chi connectivity index (χ1n) is 8.00. The fourth-order valence-corrected chi connectivity index (χ4v) is 2.03. The zero-order valence-corrected chi connectivity index (χ0v) is 15.3. The Morgan fingerprint density at radius 2 is 1.80 bits per heavy atom. The average Bonchev–Trinajstić information content (AvgIpc) is 2.51. The number of amides is 2. The van der Waals surface area contributed by atoms with Gasteiger partial charge >= 0.3 is 5.97 Å². The lowest BCUT2D eigenvalue weighted by Gasteiger charge is -2.21. The number of carbonyl (C=O) groups excluding carboxylic acids is 2. The second-order valence-electron chi connectivity index (χ2n) is 6.89. The summed E-state index contributed by atoms with van der Waals surface area (Å²) in [5.41, 5.74) is 0.213. The van der Waals surface area contributed by atoms with E-state index in [1.807, 2.05) is 20.8 Å². The fraction of sp³-hybridized carbons (Fsp3) is 0.500. The first kappa shape index (κ1) is 20.6. The van der Waals surface area contributed by atoms with E-state index in [0.717, 1.165) is 0 Å². The largest absolute Gasteiger partial charge is 0.480 e. The molecule has 138 valence electrons. The molecule has 0 radical (unpaired) electrons. The Morgan fingerprint density at radius 1 is 1.20 bits per heavy atom. The minimum absolute atomic E-state index is 0.147. The first-order chi connectivity index (χ1) is 11.5. The molecule has 0 spiro atoms. The van der Waals surface area contributed by atoms with Gasteiger partial charge in [-0.05, 0) is 39.0 Å². The molecule has 0 saturated carbocycles. The Morgan fingerprint density at radius 3 is 2.32 bits per heavy atom. The first-order valence-corrected chi connectivity index (χ1v) is 8.00. The minimum atomic E-state index is -1.13. The van der Waals surface area contributed by atoms with Gasteiger partial charge in [-0.2, -0.15) is 0 Å². The van der Waals surface area contributed by atoms with E-state index >= 15 is 0 Å². The van der Waals surface area contributed by atoms with Crippen molar-refractivity contribution in [3.63, 3.8) is 0 Å². The molecule has 7 heteroatoms. The lowest BCUT2D eigenvalue weighted by molar-refractivity contribution is -0.140. The van der Waals surface area contributed by atoms with Crippen LogP contribution in [0.2, 0.25) is 0 Å². The van der Waals surface area contributed by atoms with E-state index in [9.17, 15) is 19.5 Å². The lowest BCUT2D eigenvalue weighted by Crippen LogP contribution is -2.42. The Labute approximate surface area is 148 Å². The van der Waals surface area contributed by atoms with E-state index in [4.69, 9.17) is 4.74 Å². The van der Waals surface area contributed by atoms with E-state index in [-0.39, 0.29) is 30.1 Å². The van der Waals surface area contributed by atoms with Crippen molar-refractivity contribution >= 4 is 17.8 Å². The zero-order valence-electron chi connectivity index (χ0n) is 15.3. The topological polar surface area (TPSA) is 95.9 Å². The maximum Gasteiger partial charge on any atom is 0.326 e. The second-order valence-corrected chi connectivity index (χ2v) is 6.89. The van der Waals surface area contributed by atoms with Crippen LogP contribution in [0.15, 0.2) is 24.3 Å². The summed E-state index contributed by atoms with van der Waals surface area (Å²) < 4.78 is 5.51. The number of hydrogen-bond donors (Lipinski definition) is 2. The number of carboxylic acids is 1. The molecule has 0 bridgehead atoms. The molecule has 1 atom stereocenters. The van der Waals surface area contributed by atoms with Gasteiger partial charge in [0, 0.05) is 38.2 Å². The molecule has 1 rings (SSSR count). The number of nitrogens with one attached hydrogen (secondary N) is 1. The molecule has 7 nitrogen and oxygen atoms in total. The number of carbonyl (C=O) groups is 3. The van der Waals surface area contributed by atoms with Crippen molar-refractivity contribution in [3.05, 3.63) is 35.4 Å². The highest BCUT2D eigenvalue weighted by molar-refractivity contribution is 6.00. The zero-order chi connectivity index (χ0) is 19.2. The van der Waals surface area contributed by atoms with Crippen molar-refractivity contribution < 1.29 is 24.2 Å². The summed E-state index contributed by atoms with van der Waals surface area (Å²) in [4.78, 5) is 37.1. The molecular formula is C18H26N2O5. The molecule has 0 fully saturated rings. The molecule has 0 aromatic heterocycles. The van der Waals surface area contributed by atoms with Crippen LogP contribution in [0.4, 0.5) is 0 Å². The molecule has 0 aliphatic rings. The molecule has 0 aliphatic heterocycles. The van der Waals surface area contributed by atoms with Crippen molar-refractivity contribution in [2.24, 2.45) is 0 Å². The SMILES string of the molecule is CN(C)C(=O)c1cccc(C(=O)NC(CCOC(C)(C)C)C(=O)O)c1. The number of benzene rings is 1. The highest BCUT2D eigenvalue weighted by atomic mass is 16.5. The van der Waals surface area contributed by atoms with Gasteiger partial charge in [-0.1, -0.05) is 6.07 Å². The summed E-state index contributed by atoms with van der Waals surface area (Å²) in [6.45, 7) is 5.82. The standard InChI is InChI=1S/C18H26N2O5/c1-18(2,3)25-10-9-14(17(23)24)19-15(21)12-7-6-8-13(11-12)16(22)20(4)5/h6-8,11,14H,9-10H2,1-5H3,(H,19,21)(H,23,24). The van der Waals surface area contributed by atoms with Crippen LogP contribution in [0.1, 0.15) is 47.9 Å². The van der Waals surface area contributed by atoms with Crippen LogP contribution in [0.5, 0.6) is 0 Å². The molecular weight excluding hydrogens is 324 g/mol. The highest BCUT2D eigenvalue weighted by Gasteiger charge is 2.22. The van der Waals surface area contributed by atoms with Gasteiger partial charge in [0.05, 0.1) is 5.60 Å². The van der Waals surface area contributed by atoms with Crippen molar-refractivity contribution in [1.82, 2.24) is 10.2 Å². The van der Waals surface area contributed by atoms with E-state index in [0.29, 0.717) is 5.56 Å². The van der Waals surface area contributed by atoms with Gasteiger partial charge in [0.15, 0.2) is 0 Å². The predicted octanol–water partition coefficient (Wildman–Crippen LogP) is 1.78. The summed E-state index contributed by atoms with van der Waals surface area (Å²) in [5, 5.41) is 11.8. The number of hydrogen-bond acceptors (Lipinski definition) is 4. The fourth-order valence-electron chi connectivity index (χ4n) is 2.03. The Kier molecular flexibility index (Phi) is 7.11. The Hall–Kier alpha value is -2.41. The number of ether oxygens (including phenoxy) is 1. The monoisotopic (exact) mass is 350 g/mol. The van der Waals surface area contributed by atoms with Gasteiger partial charge in [0.1, 0.15) is 6.04 Å². The van der Waals surface area contributed by atoms with Crippen LogP contribution in [0.25, 0.3) is 0 Å². The Bertz CT molecular complexity index is 635. The van der Waals surface area contributed by atoms with Crippen LogP contribution >= 0.6 is 0 Å². The Balaban J connectivity index is 2.79. The summed E-state index contributed by atoms with van der Waals surface area (Å²) >= 11 is 0. The number of aliphatic carboxylic acids is 1. The predicted molar refractivity (Wildman–Crippen MR) is 93.7 cm³/mol. The smallest absolute Gasteiger partial charge is 0.326 e. The van der Waals surface area contributed by atoms with Crippen LogP contribution in [-0.2, 0) is 9.53 Å². The summed E-state index contributed by atoms with van der Waals surface area (Å²) in [6, 6.07) is 5.10. The number of carboxylic acid groups (broad SMARTS) is 1. The maximum absolute atomic E-state index is 12.3. The van der Waals surface area contributed by atoms with Crippen molar-refractivity contribution in [1.29, 1.82) is 0 Å². The molecule has 1 aromatic rings. The van der Waals surface area contributed by atoms with Gasteiger partial charge in [0.2, 0.25) is 0 Å². The molecule has 0 heterocycles. The van der Waals surface area contributed by atoms with Crippen LogP contribution < -0.4 is 5.32 Å². The van der Waals surface area contributed by atoms with Crippen LogP contribution in [0.3, 0.4) is 0 Å². The molecule has 1 unspecified atom stereocenters. The molecule has 25 heavy (non-hydrogen) atoms. The summed E-state index contributed by atoms with van der Waals surface area (Å²) in [5.74, 6) is -1.91. The van der Waals surface area contributed by atoms with Crippen molar-refractivity contribution in [2.75, 3.05) is 20.7 Å². The van der Waals surface area contributed by atoms with E-state index in [2.05, 4.69) is 5.32 Å². The normalized spacial score (nSPS) is 12.4. The quantitative estimate of drug-likeness (QED) is 0.781. The van der Waals surface area contributed by atoms with Gasteiger partial charge < -0.3 is 20.1 Å². The maximum atomic E-state index is 12.3. The van der Waals surface area contributed by atoms with Gasteiger partial charge in [0.25, 0.3) is 11.8 Å². The van der Waals surface area contributed by atoms with E-state index in [1.165, 1.54) is 17.0 Å². The molecule has 0 saturated heterocycles. The lowest BCUT2D eigenvalue weighted by atomic mass is 10.1. The third kappa shape index (κ3) is 6.93. The van der Waals surface area contributed by atoms with Gasteiger partial charge in [-0.15, -0.1) is 0 Å². The average molecular weight is 350 g/mol. The molecule has 2 N–H and O–H groups in total. The second kappa shape index (κ2) is 8.62. The van der Waals surface area contributed by atoms with Crippen LogP contribution in [-0.4, -0.2) is 60.1 Å². The highest BCUT2D eigenvalue weighted by Crippen LogP contribution is 2.10. The van der Waals surface area contributed by atoms with Gasteiger partial charge in [-0.25, -0.2) is 4.79 Å².